The van der Waals surface area contributed by atoms with Crippen LogP contribution in [0.2, 0.25) is 0 Å². The van der Waals surface area contributed by atoms with Crippen molar-refractivity contribution < 1.29 is 0 Å². The van der Waals surface area contributed by atoms with Crippen LogP contribution < -0.4 is 0 Å². The minimum atomic E-state index is 1.18. The van der Waals surface area contributed by atoms with Gasteiger partial charge in [0.1, 0.15) is 4.83 Å². The Morgan fingerprint density at radius 3 is 3.22 bits per heavy atom. The number of hydrogen-bond acceptors (Lipinski definition) is 3. The van der Waals surface area contributed by atoms with E-state index < -0.39 is 0 Å². The van der Waals surface area contributed by atoms with Gasteiger partial charge in [0.15, 0.2) is 0 Å². The Hall–Kier alpha value is -0.410. The predicted octanol–water partition coefficient (Wildman–Crippen LogP) is 2.67. The molecule has 2 aromatic heterocycles. The molecule has 3 heteroatoms. The normalized spacial score (nSPS) is 10.8. The summed E-state index contributed by atoms with van der Waals surface area (Å²) in [5.74, 6) is 0. The number of rotatable bonds is 0. The molecular formula is C6H5NS2. The van der Waals surface area contributed by atoms with Gasteiger partial charge in [-0.3, -0.25) is 0 Å². The van der Waals surface area contributed by atoms with Gasteiger partial charge >= 0.3 is 0 Å². The maximum absolute atomic E-state index is 4.24. The van der Waals surface area contributed by atoms with Crippen molar-refractivity contribution in [1.29, 1.82) is 0 Å². The van der Waals surface area contributed by atoms with E-state index in [1.807, 2.05) is 0 Å². The average Bonchev–Trinajstić information content (AvgIpc) is 2.35. The van der Waals surface area contributed by atoms with E-state index in [9.17, 15) is 0 Å². The smallest absolute Gasteiger partial charge is 0.137 e. The molecule has 0 spiro atoms. The molecule has 0 saturated carbocycles. The Labute approximate surface area is 61.1 Å². The van der Waals surface area contributed by atoms with Gasteiger partial charge in [0.05, 0.1) is 0 Å². The Morgan fingerprint density at radius 1 is 1.56 bits per heavy atom. The van der Waals surface area contributed by atoms with Crippen molar-refractivity contribution in [2.75, 3.05) is 0 Å². The molecule has 0 aliphatic rings. The largest absolute Gasteiger partial charge is 0.181 e. The minimum absolute atomic E-state index is 1.18. The molecule has 0 fully saturated rings. The Bertz CT molecular complexity index is 320. The molecule has 0 amide bonds. The number of thiophene rings is 1. The third-order valence-corrected chi connectivity index (χ3v) is 2.98. The first-order chi connectivity index (χ1) is 4.38. The summed E-state index contributed by atoms with van der Waals surface area (Å²) in [5.41, 5.74) is 0. The van der Waals surface area contributed by atoms with E-state index in [-0.39, 0.29) is 0 Å². The van der Waals surface area contributed by atoms with E-state index in [2.05, 4.69) is 22.7 Å². The quantitative estimate of drug-likeness (QED) is 0.570. The highest BCUT2D eigenvalue weighted by atomic mass is 32.1. The zero-order valence-corrected chi connectivity index (χ0v) is 6.55. The van der Waals surface area contributed by atoms with E-state index >= 15 is 0 Å². The van der Waals surface area contributed by atoms with E-state index in [1.165, 1.54) is 15.1 Å². The van der Waals surface area contributed by atoms with Gasteiger partial charge in [-0.2, -0.15) is 4.37 Å². The number of aryl methyl sites for hydroxylation is 1. The monoisotopic (exact) mass is 155 g/mol. The van der Waals surface area contributed by atoms with Crippen LogP contribution in [0.4, 0.5) is 0 Å². The highest BCUT2D eigenvalue weighted by molar-refractivity contribution is 7.19. The second-order valence-corrected chi connectivity index (χ2v) is 3.75. The van der Waals surface area contributed by atoms with E-state index in [0.717, 1.165) is 0 Å². The molecule has 0 aliphatic heterocycles. The molecule has 0 aliphatic carbocycles. The van der Waals surface area contributed by atoms with Crippen LogP contribution >= 0.6 is 22.9 Å². The van der Waals surface area contributed by atoms with Crippen molar-refractivity contribution in [2.24, 2.45) is 0 Å². The summed E-state index contributed by atoms with van der Waals surface area (Å²) < 4.78 is 4.24. The fourth-order valence-corrected chi connectivity index (χ4v) is 2.41. The molecule has 0 unspecified atom stereocenters. The van der Waals surface area contributed by atoms with Gasteiger partial charge in [0.2, 0.25) is 0 Å². The SMILES string of the molecule is Cc1snc2sccc12. The highest BCUT2D eigenvalue weighted by Crippen LogP contribution is 2.25. The standard InChI is InChI=1S/C6H5NS2/c1-4-5-2-3-8-6(5)7-9-4/h2-3H,1H3. The van der Waals surface area contributed by atoms with Gasteiger partial charge in [-0.05, 0) is 29.9 Å². The molecule has 0 atom stereocenters. The second-order valence-electron chi connectivity index (χ2n) is 1.88. The summed E-state index contributed by atoms with van der Waals surface area (Å²) in [5, 5.41) is 3.40. The van der Waals surface area contributed by atoms with Crippen LogP contribution in [0.1, 0.15) is 4.88 Å². The summed E-state index contributed by atoms with van der Waals surface area (Å²) in [7, 11) is 0. The van der Waals surface area contributed by atoms with Gasteiger partial charge in [-0.1, -0.05) is 0 Å². The molecule has 0 aromatic carbocycles. The maximum atomic E-state index is 4.24. The van der Waals surface area contributed by atoms with Gasteiger partial charge in [0.25, 0.3) is 0 Å². The van der Waals surface area contributed by atoms with Crippen LogP contribution in [0.15, 0.2) is 11.4 Å². The van der Waals surface area contributed by atoms with Crippen LogP contribution in [0.3, 0.4) is 0 Å². The van der Waals surface area contributed by atoms with Crippen LogP contribution in [-0.2, 0) is 0 Å². The Balaban J connectivity index is 2.99. The number of fused-ring (bicyclic) bond motifs is 1. The topological polar surface area (TPSA) is 12.9 Å². The third-order valence-electron chi connectivity index (χ3n) is 1.29. The van der Waals surface area contributed by atoms with Crippen LogP contribution in [-0.4, -0.2) is 4.37 Å². The van der Waals surface area contributed by atoms with Gasteiger partial charge in [-0.25, -0.2) is 0 Å². The summed E-state index contributed by atoms with van der Waals surface area (Å²) in [6.07, 6.45) is 0. The summed E-state index contributed by atoms with van der Waals surface area (Å²) in [6.45, 7) is 2.10. The van der Waals surface area contributed by atoms with Gasteiger partial charge in [-0.15, -0.1) is 11.3 Å². The van der Waals surface area contributed by atoms with E-state index in [1.54, 1.807) is 22.9 Å². The lowest BCUT2D eigenvalue weighted by Gasteiger charge is -1.72. The first kappa shape index (κ1) is 5.38. The summed E-state index contributed by atoms with van der Waals surface area (Å²) >= 11 is 3.29. The third kappa shape index (κ3) is 0.686. The molecule has 2 aromatic rings. The van der Waals surface area contributed by atoms with Crippen LogP contribution in [0, 0.1) is 6.92 Å². The molecule has 0 saturated heterocycles. The summed E-state index contributed by atoms with van der Waals surface area (Å²) in [4.78, 5) is 2.50. The zero-order chi connectivity index (χ0) is 6.27. The number of nitrogens with zero attached hydrogens (tertiary/aromatic N) is 1. The van der Waals surface area contributed by atoms with Crippen molar-refractivity contribution >= 4 is 33.1 Å². The molecule has 0 N–H and O–H groups in total. The lowest BCUT2D eigenvalue weighted by atomic mass is 10.4. The van der Waals surface area contributed by atoms with Crippen molar-refractivity contribution in [3.63, 3.8) is 0 Å². The maximum Gasteiger partial charge on any atom is 0.137 e. The highest BCUT2D eigenvalue weighted by Gasteiger charge is 1.99. The first-order valence-corrected chi connectivity index (χ1v) is 4.33. The first-order valence-electron chi connectivity index (χ1n) is 2.67. The van der Waals surface area contributed by atoms with Crippen LogP contribution in [0.5, 0.6) is 0 Å². The summed E-state index contributed by atoms with van der Waals surface area (Å²) in [6, 6.07) is 2.12. The van der Waals surface area contributed by atoms with Gasteiger partial charge < -0.3 is 0 Å². The predicted molar refractivity (Wildman–Crippen MR) is 42.2 cm³/mol. The van der Waals surface area contributed by atoms with Crippen molar-refractivity contribution in [3.05, 3.63) is 16.3 Å². The lowest BCUT2D eigenvalue weighted by Crippen LogP contribution is -1.52. The van der Waals surface area contributed by atoms with Crippen molar-refractivity contribution in [3.8, 4) is 0 Å². The molecule has 9 heavy (non-hydrogen) atoms. The zero-order valence-electron chi connectivity index (χ0n) is 4.92. The average molecular weight is 155 g/mol. The Morgan fingerprint density at radius 2 is 2.44 bits per heavy atom. The number of hydrogen-bond donors (Lipinski definition) is 0. The van der Waals surface area contributed by atoms with Gasteiger partial charge in [0, 0.05) is 10.3 Å². The molecular weight excluding hydrogens is 150 g/mol. The fourth-order valence-electron chi connectivity index (χ4n) is 0.799. The molecule has 1 nitrogen and oxygen atoms in total. The molecule has 46 valence electrons. The van der Waals surface area contributed by atoms with Crippen molar-refractivity contribution in [1.82, 2.24) is 4.37 Å². The lowest BCUT2D eigenvalue weighted by molar-refractivity contribution is 1.70. The molecule has 0 radical (unpaired) electrons. The second kappa shape index (κ2) is 1.78. The van der Waals surface area contributed by atoms with Crippen molar-refractivity contribution in [2.45, 2.75) is 6.92 Å². The molecule has 2 rings (SSSR count). The van der Waals surface area contributed by atoms with E-state index in [4.69, 9.17) is 0 Å². The minimum Gasteiger partial charge on any atom is -0.181 e. The molecule has 0 bridgehead atoms. The van der Waals surface area contributed by atoms with E-state index in [0.29, 0.717) is 0 Å². The molecule has 2 heterocycles. The van der Waals surface area contributed by atoms with Crippen LogP contribution in [0.25, 0.3) is 10.2 Å². The fraction of sp³-hybridized carbons (Fsp3) is 0.167. The number of aromatic nitrogens is 1. The Kier molecular flexibility index (Phi) is 1.07.